The first-order valence-electron chi connectivity index (χ1n) is 5.93. The fourth-order valence-corrected chi connectivity index (χ4v) is 2.92. The molecule has 0 unspecified atom stereocenters. The highest BCUT2D eigenvalue weighted by Crippen LogP contribution is 2.30. The SMILES string of the molecule is Cc1csc(CC(=O)c2cccc3c2OCC3)n1. The van der Waals surface area contributed by atoms with Gasteiger partial charge in [-0.2, -0.15) is 0 Å². The lowest BCUT2D eigenvalue weighted by atomic mass is 10.0. The van der Waals surface area contributed by atoms with Crippen molar-refractivity contribution in [2.75, 3.05) is 6.61 Å². The standard InChI is InChI=1S/C14H13NO2S/c1-9-8-18-13(15-9)7-12(16)11-4-2-3-10-5-6-17-14(10)11/h2-4,8H,5-7H2,1H3. The molecule has 3 nitrogen and oxygen atoms in total. The average Bonchev–Trinajstić information content (AvgIpc) is 2.97. The lowest BCUT2D eigenvalue weighted by Crippen LogP contribution is -2.05. The van der Waals surface area contributed by atoms with Crippen LogP contribution in [0, 0.1) is 6.92 Å². The third-order valence-corrected chi connectivity index (χ3v) is 3.96. The van der Waals surface area contributed by atoms with Crippen LogP contribution in [0.25, 0.3) is 0 Å². The Morgan fingerprint density at radius 1 is 1.50 bits per heavy atom. The summed E-state index contributed by atoms with van der Waals surface area (Å²) in [4.78, 5) is 16.6. The van der Waals surface area contributed by atoms with Gasteiger partial charge in [-0.15, -0.1) is 11.3 Å². The normalized spacial score (nSPS) is 13.2. The number of ketones is 1. The van der Waals surface area contributed by atoms with Crippen LogP contribution in [0.5, 0.6) is 5.75 Å². The first kappa shape index (κ1) is 11.4. The van der Waals surface area contributed by atoms with Crippen LogP contribution in [0.1, 0.15) is 26.6 Å². The van der Waals surface area contributed by atoms with Crippen molar-refractivity contribution in [2.24, 2.45) is 0 Å². The number of carbonyl (C=O) groups is 1. The highest BCUT2D eigenvalue weighted by atomic mass is 32.1. The summed E-state index contributed by atoms with van der Waals surface area (Å²) in [6.07, 6.45) is 1.26. The molecule has 2 heterocycles. The largest absolute Gasteiger partial charge is 0.492 e. The maximum atomic E-state index is 12.3. The molecule has 1 aliphatic heterocycles. The average molecular weight is 259 g/mol. The molecule has 1 aliphatic rings. The van der Waals surface area contributed by atoms with E-state index in [4.69, 9.17) is 4.74 Å². The van der Waals surface area contributed by atoms with Crippen LogP contribution < -0.4 is 4.74 Å². The van der Waals surface area contributed by atoms with Gasteiger partial charge in [0.25, 0.3) is 0 Å². The number of fused-ring (bicyclic) bond motifs is 1. The molecule has 1 aromatic heterocycles. The molecule has 0 N–H and O–H groups in total. The van der Waals surface area contributed by atoms with Gasteiger partial charge in [0.2, 0.25) is 0 Å². The van der Waals surface area contributed by atoms with Crippen LogP contribution in [0.2, 0.25) is 0 Å². The Hall–Kier alpha value is -1.68. The topological polar surface area (TPSA) is 39.2 Å². The molecule has 0 spiro atoms. The number of hydrogen-bond acceptors (Lipinski definition) is 4. The number of hydrogen-bond donors (Lipinski definition) is 0. The Morgan fingerprint density at radius 3 is 3.17 bits per heavy atom. The minimum absolute atomic E-state index is 0.0862. The van der Waals surface area contributed by atoms with Crippen LogP contribution in [0.4, 0.5) is 0 Å². The number of rotatable bonds is 3. The Kier molecular flexibility index (Phi) is 2.88. The molecular formula is C14H13NO2S. The molecule has 4 heteroatoms. The second-order valence-corrected chi connectivity index (χ2v) is 5.32. The van der Waals surface area contributed by atoms with Gasteiger partial charge in [-0.25, -0.2) is 4.98 Å². The fraction of sp³-hybridized carbons (Fsp3) is 0.286. The first-order chi connectivity index (χ1) is 8.74. The number of nitrogens with zero attached hydrogens (tertiary/aromatic N) is 1. The maximum Gasteiger partial charge on any atom is 0.173 e. The summed E-state index contributed by atoms with van der Waals surface area (Å²) in [6, 6.07) is 5.79. The van der Waals surface area contributed by atoms with Gasteiger partial charge in [0.05, 0.1) is 18.6 Å². The zero-order valence-corrected chi connectivity index (χ0v) is 10.9. The Bertz CT molecular complexity index is 604. The number of benzene rings is 1. The molecule has 3 rings (SSSR count). The molecule has 0 saturated heterocycles. The van der Waals surface area contributed by atoms with Crippen molar-refractivity contribution in [2.45, 2.75) is 19.8 Å². The monoisotopic (exact) mass is 259 g/mol. The summed E-state index contributed by atoms with van der Waals surface area (Å²) in [5.41, 5.74) is 2.80. The number of ether oxygens (including phenoxy) is 1. The van der Waals surface area contributed by atoms with Crippen LogP contribution >= 0.6 is 11.3 Å². The first-order valence-corrected chi connectivity index (χ1v) is 6.81. The van der Waals surface area contributed by atoms with Crippen molar-refractivity contribution in [3.63, 3.8) is 0 Å². The third-order valence-electron chi connectivity index (χ3n) is 2.99. The number of aromatic nitrogens is 1. The molecule has 92 valence electrons. The molecule has 0 fully saturated rings. The van der Waals surface area contributed by atoms with Gasteiger partial charge in [0.1, 0.15) is 10.8 Å². The fourth-order valence-electron chi connectivity index (χ4n) is 2.15. The van der Waals surface area contributed by atoms with E-state index in [1.54, 1.807) is 0 Å². The summed E-state index contributed by atoms with van der Waals surface area (Å²) in [5, 5.41) is 2.84. The maximum absolute atomic E-state index is 12.3. The molecule has 0 radical (unpaired) electrons. The predicted octanol–water partition coefficient (Wildman–Crippen LogP) is 2.81. The summed E-state index contributed by atoms with van der Waals surface area (Å²) < 4.78 is 5.56. The van der Waals surface area contributed by atoms with Crippen LogP contribution in [-0.2, 0) is 12.8 Å². The van der Waals surface area contributed by atoms with Crippen LogP contribution in [0.3, 0.4) is 0 Å². The Morgan fingerprint density at radius 2 is 2.39 bits per heavy atom. The molecular weight excluding hydrogens is 246 g/mol. The molecule has 0 aliphatic carbocycles. The van der Waals surface area contributed by atoms with Gasteiger partial charge < -0.3 is 4.74 Å². The van der Waals surface area contributed by atoms with Crippen molar-refractivity contribution >= 4 is 17.1 Å². The zero-order valence-electron chi connectivity index (χ0n) is 10.1. The van der Waals surface area contributed by atoms with Crippen molar-refractivity contribution < 1.29 is 9.53 Å². The minimum Gasteiger partial charge on any atom is -0.492 e. The third kappa shape index (κ3) is 2.04. The predicted molar refractivity (Wildman–Crippen MR) is 70.5 cm³/mol. The molecule has 1 aromatic carbocycles. The highest BCUT2D eigenvalue weighted by Gasteiger charge is 2.20. The molecule has 18 heavy (non-hydrogen) atoms. The number of Topliss-reactive ketones (excluding diaryl/α,β-unsaturated/α-hetero) is 1. The van der Waals surface area contributed by atoms with Crippen molar-refractivity contribution in [1.29, 1.82) is 0 Å². The lowest BCUT2D eigenvalue weighted by Gasteiger charge is -2.05. The second-order valence-electron chi connectivity index (χ2n) is 4.37. The van der Waals surface area contributed by atoms with E-state index >= 15 is 0 Å². The van der Waals surface area contributed by atoms with E-state index in [0.717, 1.165) is 28.4 Å². The van der Waals surface area contributed by atoms with E-state index in [1.165, 1.54) is 11.3 Å². The quantitative estimate of drug-likeness (QED) is 0.796. The number of aryl methyl sites for hydroxylation is 1. The van der Waals surface area contributed by atoms with E-state index < -0.39 is 0 Å². The second kappa shape index (κ2) is 4.53. The number of thiazole rings is 1. The molecule has 0 bridgehead atoms. The van der Waals surface area contributed by atoms with E-state index in [2.05, 4.69) is 4.98 Å². The van der Waals surface area contributed by atoms with Gasteiger partial charge in [-0.3, -0.25) is 4.79 Å². The van der Waals surface area contributed by atoms with Gasteiger partial charge in [0.15, 0.2) is 5.78 Å². The molecule has 2 aromatic rings. The Balaban J connectivity index is 1.87. The zero-order chi connectivity index (χ0) is 12.5. The van der Waals surface area contributed by atoms with Gasteiger partial charge >= 0.3 is 0 Å². The summed E-state index contributed by atoms with van der Waals surface area (Å²) in [6.45, 7) is 2.61. The minimum atomic E-state index is 0.0862. The van der Waals surface area contributed by atoms with Crippen molar-refractivity contribution in [3.8, 4) is 5.75 Å². The summed E-state index contributed by atoms with van der Waals surface area (Å²) in [5.74, 6) is 0.860. The molecule has 0 atom stereocenters. The van der Waals surface area contributed by atoms with E-state index in [1.807, 2.05) is 30.5 Å². The Labute approximate surface area is 109 Å². The number of carbonyl (C=O) groups excluding carboxylic acids is 1. The van der Waals surface area contributed by atoms with Crippen LogP contribution in [-0.4, -0.2) is 17.4 Å². The summed E-state index contributed by atoms with van der Waals surface area (Å²) in [7, 11) is 0. The highest BCUT2D eigenvalue weighted by molar-refractivity contribution is 7.09. The van der Waals surface area contributed by atoms with E-state index in [-0.39, 0.29) is 5.78 Å². The van der Waals surface area contributed by atoms with Crippen molar-refractivity contribution in [1.82, 2.24) is 4.98 Å². The lowest BCUT2D eigenvalue weighted by molar-refractivity contribution is 0.0990. The van der Waals surface area contributed by atoms with E-state index in [0.29, 0.717) is 18.6 Å². The smallest absolute Gasteiger partial charge is 0.173 e. The van der Waals surface area contributed by atoms with Crippen molar-refractivity contribution in [3.05, 3.63) is 45.4 Å². The van der Waals surface area contributed by atoms with Gasteiger partial charge in [0, 0.05) is 17.5 Å². The summed E-state index contributed by atoms with van der Waals surface area (Å²) >= 11 is 1.53. The number of para-hydroxylation sites is 1. The molecule has 0 amide bonds. The van der Waals surface area contributed by atoms with Gasteiger partial charge in [-0.05, 0) is 18.6 Å². The van der Waals surface area contributed by atoms with Crippen LogP contribution in [0.15, 0.2) is 23.6 Å². The van der Waals surface area contributed by atoms with E-state index in [9.17, 15) is 4.79 Å². The van der Waals surface area contributed by atoms with Gasteiger partial charge in [-0.1, -0.05) is 12.1 Å². The molecule has 0 saturated carbocycles.